The zero-order valence-electron chi connectivity index (χ0n) is 7.62. The van der Waals surface area contributed by atoms with E-state index < -0.39 is 6.03 Å². The van der Waals surface area contributed by atoms with Crippen LogP contribution in [-0.4, -0.2) is 18.7 Å². The molecule has 1 aliphatic heterocycles. The zero-order chi connectivity index (χ0) is 9.68. The Labute approximate surface area is 77.4 Å². The standard InChI is InChI=1S/C9H14N2O2/c1-2-8-7(4-3-5-13-8)6-11-9(10)12/h3-5,8H,2,6H2,1H3,(H3,10,11,12). The van der Waals surface area contributed by atoms with Gasteiger partial charge < -0.3 is 15.8 Å². The van der Waals surface area contributed by atoms with Crippen molar-refractivity contribution in [2.45, 2.75) is 19.4 Å². The minimum atomic E-state index is -0.509. The molecule has 2 amide bonds. The second-order valence-corrected chi connectivity index (χ2v) is 2.82. The summed E-state index contributed by atoms with van der Waals surface area (Å²) in [4.78, 5) is 10.5. The lowest BCUT2D eigenvalue weighted by molar-refractivity contribution is 0.165. The summed E-state index contributed by atoms with van der Waals surface area (Å²) in [5.74, 6) is 0. The molecule has 0 aromatic carbocycles. The predicted octanol–water partition coefficient (Wildman–Crippen LogP) is 0.904. The Kier molecular flexibility index (Phi) is 3.37. The van der Waals surface area contributed by atoms with Crippen molar-refractivity contribution in [3.63, 3.8) is 0 Å². The van der Waals surface area contributed by atoms with Gasteiger partial charge in [0, 0.05) is 6.54 Å². The minimum Gasteiger partial charge on any atom is -0.494 e. The molecule has 0 saturated carbocycles. The highest BCUT2D eigenvalue weighted by Gasteiger charge is 2.14. The number of carbonyl (C=O) groups excluding carboxylic acids is 1. The van der Waals surface area contributed by atoms with E-state index >= 15 is 0 Å². The third-order valence-electron chi connectivity index (χ3n) is 1.88. The topological polar surface area (TPSA) is 64.3 Å². The summed E-state index contributed by atoms with van der Waals surface area (Å²) in [5, 5.41) is 2.54. The van der Waals surface area contributed by atoms with Gasteiger partial charge in [0.15, 0.2) is 0 Å². The molecule has 72 valence electrons. The van der Waals surface area contributed by atoms with Crippen LogP contribution in [0.15, 0.2) is 24.0 Å². The Morgan fingerprint density at radius 1 is 1.77 bits per heavy atom. The van der Waals surface area contributed by atoms with E-state index in [-0.39, 0.29) is 6.10 Å². The lowest BCUT2D eigenvalue weighted by Crippen LogP contribution is -2.34. The number of hydrogen-bond donors (Lipinski definition) is 2. The largest absolute Gasteiger partial charge is 0.494 e. The molecule has 0 spiro atoms. The van der Waals surface area contributed by atoms with Gasteiger partial charge >= 0.3 is 6.03 Å². The Bertz CT molecular complexity index is 246. The molecule has 0 aliphatic carbocycles. The van der Waals surface area contributed by atoms with E-state index in [2.05, 4.69) is 5.32 Å². The maximum absolute atomic E-state index is 10.5. The van der Waals surface area contributed by atoms with Gasteiger partial charge in [-0.2, -0.15) is 0 Å². The Hall–Kier alpha value is -1.45. The predicted molar refractivity (Wildman–Crippen MR) is 50.0 cm³/mol. The van der Waals surface area contributed by atoms with Gasteiger partial charge in [-0.05, 0) is 18.1 Å². The van der Waals surface area contributed by atoms with Crippen LogP contribution in [0.2, 0.25) is 0 Å². The first-order chi connectivity index (χ1) is 6.24. The number of nitrogens with one attached hydrogen (secondary N) is 1. The highest BCUT2D eigenvalue weighted by atomic mass is 16.5. The molecule has 0 radical (unpaired) electrons. The molecule has 1 atom stereocenters. The average Bonchev–Trinajstić information content (AvgIpc) is 2.15. The molecule has 0 fully saturated rings. The smallest absolute Gasteiger partial charge is 0.312 e. The van der Waals surface area contributed by atoms with Crippen molar-refractivity contribution in [3.05, 3.63) is 24.0 Å². The summed E-state index contributed by atoms with van der Waals surface area (Å²) in [6.45, 7) is 2.49. The van der Waals surface area contributed by atoms with Crippen LogP contribution in [0.4, 0.5) is 4.79 Å². The maximum atomic E-state index is 10.5. The number of ether oxygens (including phenoxy) is 1. The fourth-order valence-electron chi connectivity index (χ4n) is 1.22. The molecule has 4 nitrogen and oxygen atoms in total. The van der Waals surface area contributed by atoms with Crippen LogP contribution in [0.5, 0.6) is 0 Å². The summed E-state index contributed by atoms with van der Waals surface area (Å²) >= 11 is 0. The van der Waals surface area contributed by atoms with Crippen molar-refractivity contribution in [2.24, 2.45) is 5.73 Å². The lowest BCUT2D eigenvalue weighted by atomic mass is 10.1. The van der Waals surface area contributed by atoms with Crippen molar-refractivity contribution in [1.29, 1.82) is 0 Å². The van der Waals surface area contributed by atoms with E-state index in [0.29, 0.717) is 6.54 Å². The van der Waals surface area contributed by atoms with E-state index in [4.69, 9.17) is 10.5 Å². The zero-order valence-corrected chi connectivity index (χ0v) is 7.62. The van der Waals surface area contributed by atoms with Crippen LogP contribution < -0.4 is 11.1 Å². The van der Waals surface area contributed by atoms with Crippen LogP contribution in [-0.2, 0) is 4.74 Å². The van der Waals surface area contributed by atoms with Crippen molar-refractivity contribution in [1.82, 2.24) is 5.32 Å². The highest BCUT2D eigenvalue weighted by molar-refractivity contribution is 5.71. The van der Waals surface area contributed by atoms with Gasteiger partial charge in [0.25, 0.3) is 0 Å². The normalized spacial score (nSPS) is 20.4. The van der Waals surface area contributed by atoms with E-state index in [1.807, 2.05) is 19.1 Å². The molecule has 0 aromatic rings. The highest BCUT2D eigenvalue weighted by Crippen LogP contribution is 2.14. The first-order valence-electron chi connectivity index (χ1n) is 4.28. The molecule has 0 bridgehead atoms. The molecule has 4 heteroatoms. The number of allylic oxidation sites excluding steroid dienone is 2. The molecule has 1 heterocycles. The van der Waals surface area contributed by atoms with Crippen molar-refractivity contribution < 1.29 is 9.53 Å². The number of urea groups is 1. The number of rotatable bonds is 3. The van der Waals surface area contributed by atoms with Gasteiger partial charge in [-0.25, -0.2) is 4.79 Å². The van der Waals surface area contributed by atoms with E-state index in [1.54, 1.807) is 6.26 Å². The van der Waals surface area contributed by atoms with Crippen LogP contribution >= 0.6 is 0 Å². The van der Waals surface area contributed by atoms with Gasteiger partial charge in [-0.1, -0.05) is 13.0 Å². The van der Waals surface area contributed by atoms with E-state index in [0.717, 1.165) is 12.0 Å². The van der Waals surface area contributed by atoms with Gasteiger partial charge in [-0.15, -0.1) is 0 Å². The van der Waals surface area contributed by atoms with Crippen molar-refractivity contribution >= 4 is 6.03 Å². The molecule has 1 aliphatic rings. The molecule has 1 unspecified atom stereocenters. The summed E-state index contributed by atoms with van der Waals surface area (Å²) in [6.07, 6.45) is 6.35. The number of amides is 2. The average molecular weight is 182 g/mol. The summed E-state index contributed by atoms with van der Waals surface area (Å²) in [6, 6.07) is -0.509. The quantitative estimate of drug-likeness (QED) is 0.681. The third-order valence-corrected chi connectivity index (χ3v) is 1.88. The van der Waals surface area contributed by atoms with Gasteiger partial charge in [-0.3, -0.25) is 0 Å². The molecule has 0 saturated heterocycles. The molecule has 1 rings (SSSR count). The second kappa shape index (κ2) is 4.54. The molecular weight excluding hydrogens is 168 g/mol. The van der Waals surface area contributed by atoms with Gasteiger partial charge in [0.05, 0.1) is 6.26 Å². The fraction of sp³-hybridized carbons (Fsp3) is 0.444. The van der Waals surface area contributed by atoms with Gasteiger partial charge in [0.1, 0.15) is 6.10 Å². The Morgan fingerprint density at radius 2 is 2.54 bits per heavy atom. The molecular formula is C9H14N2O2. The number of hydrogen-bond acceptors (Lipinski definition) is 2. The van der Waals surface area contributed by atoms with E-state index in [1.165, 1.54) is 0 Å². The van der Waals surface area contributed by atoms with E-state index in [9.17, 15) is 4.79 Å². The summed E-state index contributed by atoms with van der Waals surface area (Å²) in [5.41, 5.74) is 6.01. The van der Waals surface area contributed by atoms with Gasteiger partial charge in [0.2, 0.25) is 0 Å². The van der Waals surface area contributed by atoms with Crippen LogP contribution in [0.1, 0.15) is 13.3 Å². The SMILES string of the molecule is CCC1OC=CC=C1CNC(N)=O. The Balaban J connectivity index is 2.49. The second-order valence-electron chi connectivity index (χ2n) is 2.82. The number of carbonyl (C=O) groups is 1. The summed E-state index contributed by atoms with van der Waals surface area (Å²) < 4.78 is 5.33. The maximum Gasteiger partial charge on any atom is 0.312 e. The molecule has 0 aromatic heterocycles. The van der Waals surface area contributed by atoms with Crippen molar-refractivity contribution in [3.8, 4) is 0 Å². The van der Waals surface area contributed by atoms with Crippen LogP contribution in [0.3, 0.4) is 0 Å². The minimum absolute atomic E-state index is 0.0665. The molecule has 13 heavy (non-hydrogen) atoms. The van der Waals surface area contributed by atoms with Crippen LogP contribution in [0.25, 0.3) is 0 Å². The third kappa shape index (κ3) is 2.82. The monoisotopic (exact) mass is 182 g/mol. The van der Waals surface area contributed by atoms with Crippen LogP contribution in [0, 0.1) is 0 Å². The Morgan fingerprint density at radius 3 is 3.15 bits per heavy atom. The molecule has 3 N–H and O–H groups in total. The first-order valence-corrected chi connectivity index (χ1v) is 4.28. The summed E-state index contributed by atoms with van der Waals surface area (Å²) in [7, 11) is 0. The number of nitrogens with two attached hydrogens (primary N) is 1. The first kappa shape index (κ1) is 9.64. The number of primary amides is 1. The van der Waals surface area contributed by atoms with Crippen molar-refractivity contribution in [2.75, 3.05) is 6.54 Å². The fourth-order valence-corrected chi connectivity index (χ4v) is 1.22. The lowest BCUT2D eigenvalue weighted by Gasteiger charge is -2.20.